The van der Waals surface area contributed by atoms with Crippen LogP contribution in [-0.4, -0.2) is 38.4 Å². The van der Waals surface area contributed by atoms with Gasteiger partial charge in [-0.25, -0.2) is 9.78 Å². The molecule has 1 saturated carbocycles. The number of urea groups is 1. The normalized spacial score (nSPS) is 14.6. The van der Waals surface area contributed by atoms with Gasteiger partial charge in [-0.2, -0.15) is 0 Å². The predicted octanol–water partition coefficient (Wildman–Crippen LogP) is 5.88. The van der Waals surface area contributed by atoms with Crippen LogP contribution in [0.15, 0.2) is 46.9 Å². The first kappa shape index (κ1) is 22.5. The molecule has 0 atom stereocenters. The summed E-state index contributed by atoms with van der Waals surface area (Å²) in [6.07, 6.45) is 8.03. The van der Waals surface area contributed by atoms with Gasteiger partial charge in [0.1, 0.15) is 4.75 Å². The summed E-state index contributed by atoms with van der Waals surface area (Å²) in [6, 6.07) is 9.51. The molecule has 0 aliphatic heterocycles. The summed E-state index contributed by atoms with van der Waals surface area (Å²) < 4.78 is -0.228. The Hall–Kier alpha value is -2.65. The first-order chi connectivity index (χ1) is 15.3. The van der Waals surface area contributed by atoms with Gasteiger partial charge < -0.3 is 5.11 Å². The molecule has 4 rings (SSSR count). The minimum Gasteiger partial charge on any atom is -0.480 e. The molecule has 32 heavy (non-hydrogen) atoms. The largest absolute Gasteiger partial charge is 0.480 e. The highest BCUT2D eigenvalue weighted by atomic mass is 32.2. The van der Waals surface area contributed by atoms with Gasteiger partial charge in [-0.15, -0.1) is 0 Å². The molecule has 0 radical (unpaired) electrons. The summed E-state index contributed by atoms with van der Waals surface area (Å²) in [5.41, 5.74) is 1.72. The maximum atomic E-state index is 13.3. The third kappa shape index (κ3) is 5.21. The monoisotopic (exact) mass is 470 g/mol. The summed E-state index contributed by atoms with van der Waals surface area (Å²) in [4.78, 5) is 35.2. The predicted molar refractivity (Wildman–Crippen MR) is 130 cm³/mol. The molecule has 3 aromatic rings. The standard InChI is InChI=1S/C23H26N4O3S2/c1-23(2,20(28)29)32-19-13-25-21(31-19)26-22(30)27(14-15-6-3-4-7-15)17-9-10-18-16(12-17)8-5-11-24-18/h5,8-13,15H,3-4,6-7,14H2,1-2H3,(H,28,29)(H,25,26,30). The van der Waals surface area contributed by atoms with E-state index in [-0.39, 0.29) is 6.03 Å². The highest BCUT2D eigenvalue weighted by Gasteiger charge is 2.30. The van der Waals surface area contributed by atoms with Crippen LogP contribution in [0.2, 0.25) is 0 Å². The number of aliphatic carboxylic acids is 1. The van der Waals surface area contributed by atoms with Crippen LogP contribution in [0.5, 0.6) is 0 Å². The summed E-state index contributed by atoms with van der Waals surface area (Å²) in [5.74, 6) is -0.417. The van der Waals surface area contributed by atoms with E-state index in [0.29, 0.717) is 17.6 Å². The van der Waals surface area contributed by atoms with Crippen molar-refractivity contribution in [3.63, 3.8) is 0 Å². The van der Waals surface area contributed by atoms with Crippen LogP contribution in [-0.2, 0) is 4.79 Å². The second-order valence-electron chi connectivity index (χ2n) is 8.47. The number of carboxylic acids is 1. The molecule has 2 heterocycles. The number of carbonyl (C=O) groups is 2. The first-order valence-electron chi connectivity index (χ1n) is 10.6. The van der Waals surface area contributed by atoms with Gasteiger partial charge in [0, 0.05) is 23.8 Å². The molecule has 7 nitrogen and oxygen atoms in total. The van der Waals surface area contributed by atoms with E-state index in [1.165, 1.54) is 35.9 Å². The van der Waals surface area contributed by atoms with Gasteiger partial charge in [0.15, 0.2) is 5.13 Å². The van der Waals surface area contributed by atoms with Crippen molar-refractivity contribution in [2.45, 2.75) is 48.5 Å². The van der Waals surface area contributed by atoms with Crippen LogP contribution in [0.4, 0.5) is 15.6 Å². The number of anilines is 2. The zero-order chi connectivity index (χ0) is 22.7. The zero-order valence-electron chi connectivity index (χ0n) is 18.1. The molecule has 168 valence electrons. The third-order valence-electron chi connectivity index (χ3n) is 5.63. The summed E-state index contributed by atoms with van der Waals surface area (Å²) >= 11 is 2.50. The Morgan fingerprint density at radius 3 is 2.78 bits per heavy atom. The number of carboxylic acid groups (broad SMARTS) is 1. The Bertz CT molecular complexity index is 1130. The number of thioether (sulfide) groups is 1. The number of amides is 2. The van der Waals surface area contributed by atoms with Gasteiger partial charge in [0.05, 0.1) is 15.9 Å². The molecule has 1 aliphatic rings. The molecule has 0 unspecified atom stereocenters. The Labute approximate surface area is 195 Å². The quantitative estimate of drug-likeness (QED) is 0.419. The van der Waals surface area contributed by atoms with Crippen molar-refractivity contribution in [2.24, 2.45) is 5.92 Å². The minimum atomic E-state index is -0.971. The Kier molecular flexibility index (Phi) is 6.66. The fourth-order valence-corrected chi connectivity index (χ4v) is 6.07. The molecule has 0 bridgehead atoms. The maximum Gasteiger partial charge on any atom is 0.328 e. The second-order valence-corrected chi connectivity index (χ2v) is 11.4. The van der Waals surface area contributed by atoms with E-state index in [1.807, 2.05) is 30.3 Å². The van der Waals surface area contributed by atoms with Gasteiger partial charge in [-0.05, 0) is 56.9 Å². The SMILES string of the molecule is CC(C)(Sc1cnc(NC(=O)N(CC2CCCC2)c2ccc3ncccc3c2)s1)C(=O)O. The Balaban J connectivity index is 1.54. The first-order valence-corrected chi connectivity index (χ1v) is 12.3. The van der Waals surface area contributed by atoms with Gasteiger partial charge in [-0.1, -0.05) is 42.0 Å². The van der Waals surface area contributed by atoms with Crippen LogP contribution in [0.3, 0.4) is 0 Å². The van der Waals surface area contributed by atoms with E-state index in [0.717, 1.165) is 33.6 Å². The number of rotatable bonds is 7. The summed E-state index contributed by atoms with van der Waals surface area (Å²) in [7, 11) is 0. The average molecular weight is 471 g/mol. The highest BCUT2D eigenvalue weighted by molar-refractivity contribution is 8.03. The number of benzene rings is 1. The van der Waals surface area contributed by atoms with Crippen LogP contribution in [0, 0.1) is 5.92 Å². The number of hydrogen-bond acceptors (Lipinski definition) is 6. The fraction of sp³-hybridized carbons (Fsp3) is 0.391. The molecule has 2 N–H and O–H groups in total. The lowest BCUT2D eigenvalue weighted by atomic mass is 10.1. The molecule has 2 amide bonds. The number of nitrogens with zero attached hydrogens (tertiary/aromatic N) is 3. The smallest absolute Gasteiger partial charge is 0.328 e. The maximum absolute atomic E-state index is 13.3. The zero-order valence-corrected chi connectivity index (χ0v) is 19.7. The van der Waals surface area contributed by atoms with Gasteiger partial charge in [0.2, 0.25) is 0 Å². The van der Waals surface area contributed by atoms with Gasteiger partial charge >= 0.3 is 12.0 Å². The van der Waals surface area contributed by atoms with Gasteiger partial charge in [-0.3, -0.25) is 20.0 Å². The molecule has 2 aromatic heterocycles. The third-order valence-corrected chi connectivity index (χ3v) is 7.83. The van der Waals surface area contributed by atoms with E-state index >= 15 is 0 Å². The topological polar surface area (TPSA) is 95.4 Å². The summed E-state index contributed by atoms with van der Waals surface area (Å²) in [6.45, 7) is 3.95. The summed E-state index contributed by atoms with van der Waals surface area (Å²) in [5, 5.41) is 13.7. The number of hydrogen-bond donors (Lipinski definition) is 2. The molecule has 1 aliphatic carbocycles. The van der Waals surface area contributed by atoms with Crippen LogP contribution in [0.25, 0.3) is 10.9 Å². The second kappa shape index (κ2) is 9.46. The Morgan fingerprint density at radius 2 is 2.03 bits per heavy atom. The molecule has 0 spiro atoms. The lowest BCUT2D eigenvalue weighted by Gasteiger charge is -2.26. The number of aromatic nitrogens is 2. The van der Waals surface area contributed by atoms with Crippen LogP contribution >= 0.6 is 23.1 Å². The minimum absolute atomic E-state index is 0.233. The van der Waals surface area contributed by atoms with E-state index in [1.54, 1.807) is 31.1 Å². The van der Waals surface area contributed by atoms with Crippen molar-refractivity contribution >= 4 is 56.8 Å². The van der Waals surface area contributed by atoms with E-state index in [2.05, 4.69) is 15.3 Å². The number of carbonyl (C=O) groups excluding carboxylic acids is 1. The molecular weight excluding hydrogens is 444 g/mol. The van der Waals surface area contributed by atoms with Crippen molar-refractivity contribution in [3.05, 3.63) is 42.7 Å². The number of pyridine rings is 1. The van der Waals surface area contributed by atoms with Crippen molar-refractivity contribution in [3.8, 4) is 0 Å². The molecular formula is C23H26N4O3S2. The van der Waals surface area contributed by atoms with Crippen LogP contribution in [0.1, 0.15) is 39.5 Å². The lowest BCUT2D eigenvalue weighted by Crippen LogP contribution is -2.38. The van der Waals surface area contributed by atoms with Crippen molar-refractivity contribution < 1.29 is 14.7 Å². The fourth-order valence-electron chi connectivity index (χ4n) is 3.81. The highest BCUT2D eigenvalue weighted by Crippen LogP contribution is 2.38. The average Bonchev–Trinajstić information content (AvgIpc) is 3.43. The van der Waals surface area contributed by atoms with E-state index < -0.39 is 10.7 Å². The van der Waals surface area contributed by atoms with Crippen molar-refractivity contribution in [1.82, 2.24) is 9.97 Å². The number of nitrogens with one attached hydrogen (secondary N) is 1. The van der Waals surface area contributed by atoms with E-state index in [9.17, 15) is 14.7 Å². The number of fused-ring (bicyclic) bond motifs is 1. The van der Waals surface area contributed by atoms with Crippen molar-refractivity contribution in [1.29, 1.82) is 0 Å². The molecule has 9 heteroatoms. The molecule has 0 saturated heterocycles. The number of thiazole rings is 1. The van der Waals surface area contributed by atoms with Crippen LogP contribution < -0.4 is 10.2 Å². The molecule has 1 aromatic carbocycles. The molecule has 1 fully saturated rings. The Morgan fingerprint density at radius 1 is 1.25 bits per heavy atom. The van der Waals surface area contributed by atoms with E-state index in [4.69, 9.17) is 0 Å². The lowest BCUT2D eigenvalue weighted by molar-refractivity contribution is -0.138. The van der Waals surface area contributed by atoms with Gasteiger partial charge in [0.25, 0.3) is 0 Å². The van der Waals surface area contributed by atoms with Crippen molar-refractivity contribution in [2.75, 3.05) is 16.8 Å².